The fraction of sp³-hybridized carbons (Fsp3) is 0.267. The van der Waals surface area contributed by atoms with Gasteiger partial charge in [0.1, 0.15) is 18.1 Å². The maximum atomic E-state index is 14.4. The van der Waals surface area contributed by atoms with E-state index in [0.717, 1.165) is 29.3 Å². The maximum Gasteiger partial charge on any atom is 0.414 e. The molecule has 0 radical (unpaired) electrons. The van der Waals surface area contributed by atoms with E-state index in [9.17, 15) is 19.3 Å². The normalized spacial score (nSPS) is 16.3. The average molecular weight is 428 g/mol. The molecule has 2 aromatic rings. The number of hydrogen-bond acceptors (Lipinski definition) is 8. The minimum atomic E-state index is -0.556. The standard InChI is InChI=1S/C15H13FN4O4S3/c1-8(25)17-5-10-7-19(15(21)24-10)9-2-3-12(11(16)4-9)26-14-18-6-13(27-14)20(22)23/h2-4,6,10H,5,7H2,1H3,(H,17,25)/t10-/m0/s1. The van der Waals surface area contributed by atoms with Gasteiger partial charge in [0.2, 0.25) is 0 Å². The van der Waals surface area contributed by atoms with E-state index in [-0.39, 0.29) is 22.5 Å². The van der Waals surface area contributed by atoms with Crippen molar-refractivity contribution >= 4 is 57.1 Å². The molecular weight excluding hydrogens is 415 g/mol. The molecule has 1 amide bonds. The zero-order valence-electron chi connectivity index (χ0n) is 13.9. The van der Waals surface area contributed by atoms with Crippen LogP contribution in [0, 0.1) is 15.9 Å². The van der Waals surface area contributed by atoms with Crippen molar-refractivity contribution in [2.24, 2.45) is 0 Å². The number of nitrogens with one attached hydrogen (secondary N) is 1. The van der Waals surface area contributed by atoms with E-state index >= 15 is 0 Å². The SMILES string of the molecule is CC(=S)NC[C@H]1CN(c2ccc(Sc3ncc([N+](=O)[O-])s3)c(F)c2)C(=O)O1. The Balaban J connectivity index is 1.69. The van der Waals surface area contributed by atoms with E-state index < -0.39 is 16.8 Å². The summed E-state index contributed by atoms with van der Waals surface area (Å²) in [5.41, 5.74) is 0.369. The number of anilines is 1. The van der Waals surface area contributed by atoms with Crippen LogP contribution in [0.5, 0.6) is 0 Å². The summed E-state index contributed by atoms with van der Waals surface area (Å²) >= 11 is 6.78. The number of nitro groups is 1. The number of nitrogens with zero attached hydrogens (tertiary/aromatic N) is 3. The quantitative estimate of drug-likeness (QED) is 0.423. The molecule has 1 atom stereocenters. The van der Waals surface area contributed by atoms with Crippen LogP contribution in [-0.4, -0.2) is 40.2 Å². The second kappa shape index (κ2) is 8.15. The lowest BCUT2D eigenvalue weighted by Gasteiger charge is -2.14. The first kappa shape index (κ1) is 19.5. The first-order valence-electron chi connectivity index (χ1n) is 7.63. The van der Waals surface area contributed by atoms with Crippen molar-refractivity contribution in [1.29, 1.82) is 0 Å². The van der Waals surface area contributed by atoms with E-state index in [1.807, 2.05) is 0 Å². The number of hydrogen-bond donors (Lipinski definition) is 1. The van der Waals surface area contributed by atoms with Crippen molar-refractivity contribution in [3.63, 3.8) is 0 Å². The van der Waals surface area contributed by atoms with Gasteiger partial charge in [-0.15, -0.1) is 0 Å². The second-order valence-electron chi connectivity index (χ2n) is 5.49. The van der Waals surface area contributed by atoms with Gasteiger partial charge in [-0.25, -0.2) is 14.2 Å². The van der Waals surface area contributed by atoms with Crippen molar-refractivity contribution in [3.05, 3.63) is 40.3 Å². The largest absolute Gasteiger partial charge is 0.442 e. The van der Waals surface area contributed by atoms with Gasteiger partial charge in [-0.3, -0.25) is 15.0 Å². The van der Waals surface area contributed by atoms with Gasteiger partial charge in [-0.2, -0.15) is 0 Å². The third kappa shape index (κ3) is 4.70. The lowest BCUT2D eigenvalue weighted by atomic mass is 10.2. The predicted molar refractivity (Wildman–Crippen MR) is 103 cm³/mol. The average Bonchev–Trinajstić information content (AvgIpc) is 3.21. The van der Waals surface area contributed by atoms with Gasteiger partial charge in [-0.05, 0) is 36.5 Å². The zero-order chi connectivity index (χ0) is 19.6. The first-order valence-corrected chi connectivity index (χ1v) is 9.68. The van der Waals surface area contributed by atoms with Crippen molar-refractivity contribution in [3.8, 4) is 0 Å². The van der Waals surface area contributed by atoms with Gasteiger partial charge in [0.05, 0.1) is 33.6 Å². The molecule has 12 heteroatoms. The highest BCUT2D eigenvalue weighted by atomic mass is 32.2. The number of aromatic nitrogens is 1. The summed E-state index contributed by atoms with van der Waals surface area (Å²) in [5, 5.41) is 13.5. The van der Waals surface area contributed by atoms with Gasteiger partial charge in [0, 0.05) is 0 Å². The third-order valence-electron chi connectivity index (χ3n) is 3.53. The Morgan fingerprint density at radius 3 is 3.04 bits per heavy atom. The molecule has 142 valence electrons. The molecule has 1 aromatic heterocycles. The highest BCUT2D eigenvalue weighted by Gasteiger charge is 2.32. The molecule has 1 saturated heterocycles. The molecule has 3 rings (SSSR count). The van der Waals surface area contributed by atoms with Crippen LogP contribution in [0.1, 0.15) is 6.92 Å². The summed E-state index contributed by atoms with van der Waals surface area (Å²) < 4.78 is 20.0. The second-order valence-corrected chi connectivity index (χ2v) is 8.40. The number of benzene rings is 1. The molecule has 0 saturated carbocycles. The van der Waals surface area contributed by atoms with Crippen molar-refractivity contribution in [2.75, 3.05) is 18.0 Å². The fourth-order valence-electron chi connectivity index (χ4n) is 2.31. The molecule has 27 heavy (non-hydrogen) atoms. The van der Waals surface area contributed by atoms with Gasteiger partial charge < -0.3 is 10.1 Å². The van der Waals surface area contributed by atoms with Crippen LogP contribution in [0.3, 0.4) is 0 Å². The number of carbonyl (C=O) groups is 1. The molecule has 0 spiro atoms. The Morgan fingerprint density at radius 2 is 2.41 bits per heavy atom. The van der Waals surface area contributed by atoms with Gasteiger partial charge in [0.15, 0.2) is 4.34 Å². The van der Waals surface area contributed by atoms with Crippen LogP contribution >= 0.6 is 35.3 Å². The molecule has 1 aliphatic rings. The van der Waals surface area contributed by atoms with Crippen LogP contribution in [0.15, 0.2) is 33.6 Å². The monoisotopic (exact) mass is 428 g/mol. The minimum absolute atomic E-state index is 0.111. The summed E-state index contributed by atoms with van der Waals surface area (Å²) in [6.45, 7) is 2.39. The molecule has 8 nitrogen and oxygen atoms in total. The number of amides is 1. The predicted octanol–water partition coefficient (Wildman–Crippen LogP) is 3.60. The van der Waals surface area contributed by atoms with Crippen molar-refractivity contribution < 1.29 is 18.8 Å². The number of carbonyl (C=O) groups excluding carboxylic acids is 1. The molecule has 1 N–H and O–H groups in total. The van der Waals surface area contributed by atoms with E-state index in [2.05, 4.69) is 10.3 Å². The maximum absolute atomic E-state index is 14.4. The van der Waals surface area contributed by atoms with Crippen molar-refractivity contribution in [2.45, 2.75) is 22.3 Å². The topological polar surface area (TPSA) is 97.6 Å². The summed E-state index contributed by atoms with van der Waals surface area (Å²) in [6.07, 6.45) is 0.193. The minimum Gasteiger partial charge on any atom is -0.442 e. The lowest BCUT2D eigenvalue weighted by molar-refractivity contribution is -0.380. The number of ether oxygens (including phenoxy) is 1. The van der Waals surface area contributed by atoms with Crippen molar-refractivity contribution in [1.82, 2.24) is 10.3 Å². The molecule has 1 aromatic carbocycles. The van der Waals surface area contributed by atoms with E-state index in [0.29, 0.717) is 21.6 Å². The lowest BCUT2D eigenvalue weighted by Crippen LogP contribution is -2.32. The van der Waals surface area contributed by atoms with Gasteiger partial charge in [-0.1, -0.05) is 24.0 Å². The van der Waals surface area contributed by atoms with Crippen LogP contribution in [-0.2, 0) is 4.74 Å². The molecule has 2 heterocycles. The molecule has 1 fully saturated rings. The van der Waals surface area contributed by atoms with Crippen LogP contribution in [0.4, 0.5) is 19.9 Å². The number of cyclic esters (lactones) is 1. The number of halogens is 1. The zero-order valence-corrected chi connectivity index (χ0v) is 16.3. The molecule has 0 aliphatic carbocycles. The summed E-state index contributed by atoms with van der Waals surface area (Å²) in [6, 6.07) is 4.32. The Kier molecular flexibility index (Phi) is 5.87. The molecular formula is C15H13FN4O4S3. The smallest absolute Gasteiger partial charge is 0.414 e. The number of rotatable bonds is 6. The Morgan fingerprint density at radius 1 is 1.63 bits per heavy atom. The van der Waals surface area contributed by atoms with Gasteiger partial charge >= 0.3 is 11.1 Å². The molecule has 1 aliphatic heterocycles. The highest BCUT2D eigenvalue weighted by molar-refractivity contribution is 8.01. The summed E-state index contributed by atoms with van der Waals surface area (Å²) in [7, 11) is 0. The number of thiocarbonyl (C=S) groups is 1. The summed E-state index contributed by atoms with van der Waals surface area (Å²) in [4.78, 5) is 28.3. The van der Waals surface area contributed by atoms with E-state index in [1.165, 1.54) is 17.0 Å². The van der Waals surface area contributed by atoms with Crippen LogP contribution in [0.2, 0.25) is 0 Å². The van der Waals surface area contributed by atoms with Gasteiger partial charge in [0.25, 0.3) is 0 Å². The Bertz CT molecular complexity index is 907. The van der Waals surface area contributed by atoms with E-state index in [4.69, 9.17) is 17.0 Å². The fourth-order valence-corrected chi connectivity index (χ4v) is 4.14. The van der Waals surface area contributed by atoms with Crippen LogP contribution < -0.4 is 10.2 Å². The van der Waals surface area contributed by atoms with E-state index in [1.54, 1.807) is 13.0 Å². The summed E-state index contributed by atoms with van der Waals surface area (Å²) in [5.74, 6) is -0.556. The van der Waals surface area contributed by atoms with Crippen LogP contribution in [0.25, 0.3) is 0 Å². The molecule has 0 bridgehead atoms. The Hall–Kier alpha value is -2.31. The Labute approximate surface area is 166 Å². The first-order chi connectivity index (χ1) is 12.8. The number of thiazole rings is 1. The third-order valence-corrected chi connectivity index (χ3v) is 5.75. The highest BCUT2D eigenvalue weighted by Crippen LogP contribution is 2.36. The molecule has 0 unspecified atom stereocenters.